The highest BCUT2D eigenvalue weighted by atomic mass is 32.2. The van der Waals surface area contributed by atoms with Crippen molar-refractivity contribution in [2.45, 2.75) is 17.9 Å². The summed E-state index contributed by atoms with van der Waals surface area (Å²) in [6.45, 7) is 2.08. The van der Waals surface area contributed by atoms with Gasteiger partial charge in [0.2, 0.25) is 10.0 Å². The number of rotatable bonds is 5. The summed E-state index contributed by atoms with van der Waals surface area (Å²) in [5.41, 5.74) is 0.350. The van der Waals surface area contributed by atoms with Crippen molar-refractivity contribution in [3.8, 4) is 5.75 Å². The zero-order valence-electron chi connectivity index (χ0n) is 11.2. The fourth-order valence-electron chi connectivity index (χ4n) is 1.72. The smallest absolute Gasteiger partial charge is 0.265 e. The van der Waals surface area contributed by atoms with Gasteiger partial charge >= 0.3 is 0 Å². The Hall–Kier alpha value is -1.64. The maximum Gasteiger partial charge on any atom is 0.265 e. The van der Waals surface area contributed by atoms with Crippen LogP contribution in [0.5, 0.6) is 5.75 Å². The fraction of sp³-hybridized carbons (Fsp3) is 0.417. The van der Waals surface area contributed by atoms with Crippen LogP contribution in [0.4, 0.5) is 5.69 Å². The molecule has 0 spiro atoms. The Balaban J connectivity index is 2.23. The van der Waals surface area contributed by atoms with E-state index in [0.29, 0.717) is 11.4 Å². The molecule has 110 valence electrons. The largest absolute Gasteiger partial charge is 0.479 e. The number of ether oxygens (including phenoxy) is 2. The number of hydrogen-bond acceptors (Lipinski definition) is 5. The monoisotopic (exact) mass is 300 g/mol. The summed E-state index contributed by atoms with van der Waals surface area (Å²) in [5, 5.41) is 2.61. The third kappa shape index (κ3) is 3.09. The Kier molecular flexibility index (Phi) is 4.26. The third-order valence-electron chi connectivity index (χ3n) is 2.79. The Labute approximate surface area is 117 Å². The van der Waals surface area contributed by atoms with Crippen molar-refractivity contribution < 1.29 is 22.7 Å². The van der Waals surface area contributed by atoms with Gasteiger partial charge in [0.25, 0.3) is 5.91 Å². The van der Waals surface area contributed by atoms with Crippen molar-refractivity contribution in [3.05, 3.63) is 18.2 Å². The van der Waals surface area contributed by atoms with Gasteiger partial charge in [0.15, 0.2) is 6.10 Å². The first-order valence-electron chi connectivity index (χ1n) is 6.04. The van der Waals surface area contributed by atoms with Crippen molar-refractivity contribution >= 4 is 21.6 Å². The van der Waals surface area contributed by atoms with Gasteiger partial charge in [-0.05, 0) is 25.1 Å². The van der Waals surface area contributed by atoms with Gasteiger partial charge in [-0.1, -0.05) is 0 Å². The molecule has 0 aliphatic carbocycles. The number of anilines is 1. The summed E-state index contributed by atoms with van der Waals surface area (Å²) in [6.07, 6.45) is -0.593. The zero-order valence-corrected chi connectivity index (χ0v) is 12.0. The quantitative estimate of drug-likeness (QED) is 0.764. The summed E-state index contributed by atoms with van der Waals surface area (Å²) in [5.74, 6) is 0.146. The van der Waals surface area contributed by atoms with E-state index in [1.807, 2.05) is 0 Å². The lowest BCUT2D eigenvalue weighted by Crippen LogP contribution is -2.34. The average molecular weight is 300 g/mol. The molecule has 1 aliphatic heterocycles. The summed E-state index contributed by atoms with van der Waals surface area (Å²) in [7, 11) is -2.15. The number of sulfonamides is 1. The van der Waals surface area contributed by atoms with Crippen LogP contribution in [0.25, 0.3) is 0 Å². The summed E-state index contributed by atoms with van der Waals surface area (Å²) < 4.78 is 36.6. The van der Waals surface area contributed by atoms with Gasteiger partial charge in [-0.2, -0.15) is 0 Å². The second-order valence-corrected chi connectivity index (χ2v) is 6.06. The van der Waals surface area contributed by atoms with Gasteiger partial charge in [0.1, 0.15) is 5.75 Å². The zero-order chi connectivity index (χ0) is 14.8. The molecule has 0 aromatic heterocycles. The first-order valence-corrected chi connectivity index (χ1v) is 7.52. The molecular formula is C12H16N2O5S. The standard InChI is InChI=1S/C12H16N2O5S/c1-8-12(15)14-10-7-9(3-4-11(10)19-8)20(16,17)13-5-6-18-2/h3-4,7-8,13H,5-6H2,1-2H3,(H,14,15). The van der Waals surface area contributed by atoms with E-state index >= 15 is 0 Å². The first-order chi connectivity index (χ1) is 9.44. The molecule has 2 rings (SSSR count). The molecular weight excluding hydrogens is 284 g/mol. The van der Waals surface area contributed by atoms with Crippen molar-refractivity contribution in [2.75, 3.05) is 25.6 Å². The molecule has 1 aliphatic rings. The molecule has 0 fully saturated rings. The molecule has 1 aromatic carbocycles. The molecule has 0 saturated heterocycles. The Morgan fingerprint density at radius 3 is 2.90 bits per heavy atom. The average Bonchev–Trinajstić information content (AvgIpc) is 2.39. The van der Waals surface area contributed by atoms with E-state index in [1.165, 1.54) is 25.3 Å². The Morgan fingerprint density at radius 1 is 1.45 bits per heavy atom. The number of benzene rings is 1. The summed E-state index contributed by atoms with van der Waals surface area (Å²) in [6, 6.07) is 4.32. The number of amides is 1. The number of nitrogens with one attached hydrogen (secondary N) is 2. The van der Waals surface area contributed by atoms with Crippen LogP contribution in [0.2, 0.25) is 0 Å². The number of carbonyl (C=O) groups is 1. The first kappa shape index (κ1) is 14.8. The maximum atomic E-state index is 12.0. The van der Waals surface area contributed by atoms with Crippen LogP contribution in [0.1, 0.15) is 6.92 Å². The minimum Gasteiger partial charge on any atom is -0.479 e. The molecule has 0 bridgehead atoms. The lowest BCUT2D eigenvalue weighted by atomic mass is 10.2. The number of fused-ring (bicyclic) bond motifs is 1. The molecule has 1 amide bonds. The SMILES string of the molecule is COCCNS(=O)(=O)c1ccc2c(c1)NC(=O)C(C)O2. The molecule has 2 N–H and O–H groups in total. The Bertz CT molecular complexity index is 614. The molecule has 1 aromatic rings. The second kappa shape index (κ2) is 5.78. The second-order valence-electron chi connectivity index (χ2n) is 4.30. The third-order valence-corrected chi connectivity index (χ3v) is 4.25. The topological polar surface area (TPSA) is 93.7 Å². The molecule has 1 heterocycles. The van der Waals surface area contributed by atoms with E-state index < -0.39 is 16.1 Å². The normalized spacial score (nSPS) is 18.1. The van der Waals surface area contributed by atoms with Crippen molar-refractivity contribution in [1.82, 2.24) is 4.72 Å². The number of hydrogen-bond donors (Lipinski definition) is 2. The molecule has 1 atom stereocenters. The minimum absolute atomic E-state index is 0.0609. The summed E-state index contributed by atoms with van der Waals surface area (Å²) in [4.78, 5) is 11.6. The van der Waals surface area contributed by atoms with Gasteiger partial charge in [0, 0.05) is 13.7 Å². The molecule has 0 saturated carbocycles. The maximum absolute atomic E-state index is 12.0. The van der Waals surface area contributed by atoms with Crippen LogP contribution in [-0.4, -0.2) is 40.7 Å². The van der Waals surface area contributed by atoms with Gasteiger partial charge in [0.05, 0.1) is 17.2 Å². The highest BCUT2D eigenvalue weighted by Crippen LogP contribution is 2.31. The van der Waals surface area contributed by atoms with Gasteiger partial charge in [-0.15, -0.1) is 0 Å². The Morgan fingerprint density at radius 2 is 2.20 bits per heavy atom. The molecule has 7 nitrogen and oxygen atoms in total. The predicted octanol–water partition coefficient (Wildman–Crippen LogP) is 0.331. The lowest BCUT2D eigenvalue weighted by Gasteiger charge is -2.23. The van der Waals surface area contributed by atoms with E-state index in [1.54, 1.807) is 6.92 Å². The van der Waals surface area contributed by atoms with Gasteiger partial charge in [-0.3, -0.25) is 4.79 Å². The highest BCUT2D eigenvalue weighted by Gasteiger charge is 2.25. The van der Waals surface area contributed by atoms with Gasteiger partial charge < -0.3 is 14.8 Å². The number of methoxy groups -OCH3 is 1. The fourth-order valence-corrected chi connectivity index (χ4v) is 2.76. The molecule has 8 heteroatoms. The predicted molar refractivity (Wildman–Crippen MR) is 72.2 cm³/mol. The highest BCUT2D eigenvalue weighted by molar-refractivity contribution is 7.89. The minimum atomic E-state index is -3.63. The molecule has 1 unspecified atom stereocenters. The van der Waals surface area contributed by atoms with Crippen LogP contribution in [0.3, 0.4) is 0 Å². The van der Waals surface area contributed by atoms with E-state index in [4.69, 9.17) is 9.47 Å². The van der Waals surface area contributed by atoms with Gasteiger partial charge in [-0.25, -0.2) is 13.1 Å². The van der Waals surface area contributed by atoms with Crippen LogP contribution >= 0.6 is 0 Å². The number of carbonyl (C=O) groups excluding carboxylic acids is 1. The van der Waals surface area contributed by atoms with Crippen LogP contribution in [0, 0.1) is 0 Å². The van der Waals surface area contributed by atoms with E-state index in [2.05, 4.69) is 10.0 Å². The van der Waals surface area contributed by atoms with Crippen LogP contribution < -0.4 is 14.8 Å². The van der Waals surface area contributed by atoms with Crippen molar-refractivity contribution in [3.63, 3.8) is 0 Å². The van der Waals surface area contributed by atoms with Crippen molar-refractivity contribution in [1.29, 1.82) is 0 Å². The van der Waals surface area contributed by atoms with E-state index in [9.17, 15) is 13.2 Å². The van der Waals surface area contributed by atoms with E-state index in [-0.39, 0.29) is 24.0 Å². The van der Waals surface area contributed by atoms with Crippen molar-refractivity contribution in [2.24, 2.45) is 0 Å². The lowest BCUT2D eigenvalue weighted by molar-refractivity contribution is -0.122. The molecule has 0 radical (unpaired) electrons. The van der Waals surface area contributed by atoms with Crippen LogP contribution in [0.15, 0.2) is 23.1 Å². The van der Waals surface area contributed by atoms with Crippen LogP contribution in [-0.2, 0) is 19.6 Å². The summed E-state index contributed by atoms with van der Waals surface area (Å²) >= 11 is 0. The van der Waals surface area contributed by atoms with E-state index in [0.717, 1.165) is 0 Å². The molecule has 20 heavy (non-hydrogen) atoms.